The predicted molar refractivity (Wildman–Crippen MR) is 91.5 cm³/mol. The molecule has 0 saturated carbocycles. The second kappa shape index (κ2) is 8.45. The van der Waals surface area contributed by atoms with E-state index in [0.29, 0.717) is 31.7 Å². The zero-order chi connectivity index (χ0) is 17.2. The number of aromatic nitrogens is 1. The number of piperazine rings is 1. The first-order valence-corrected chi connectivity index (χ1v) is 9.62. The Morgan fingerprint density at radius 3 is 2.56 bits per heavy atom. The van der Waals surface area contributed by atoms with Crippen LogP contribution in [0, 0.1) is 0 Å². The number of ether oxygens (including phenoxy) is 1. The molecule has 142 valence electrons. The van der Waals surface area contributed by atoms with E-state index in [1.165, 1.54) is 16.6 Å². The molecule has 0 radical (unpaired) electrons. The molecule has 1 amide bonds. The molecule has 2 fully saturated rings. The van der Waals surface area contributed by atoms with Crippen LogP contribution in [0.4, 0.5) is 0 Å². The van der Waals surface area contributed by atoms with E-state index < -0.39 is 16.1 Å². The van der Waals surface area contributed by atoms with Crippen LogP contribution in [0.5, 0.6) is 0 Å². The van der Waals surface area contributed by atoms with Crippen molar-refractivity contribution < 1.29 is 22.5 Å². The standard InChI is InChI=1S/C14H22N4O5S.ClH/c15-9-12-1-2-13(23-12)14(19)17-4-6-18(7-5-17)24(20,21)10-11-3-8-22-16-11;/h3,8,12-13H,1-2,4-7,9-10,15H2;1H/t12-,13+;/m1./s1. The normalized spacial score (nSPS) is 24.9. The van der Waals surface area contributed by atoms with E-state index in [9.17, 15) is 13.2 Å². The molecule has 0 aliphatic carbocycles. The molecule has 1 aromatic heterocycles. The number of hydrogen-bond donors (Lipinski definition) is 1. The summed E-state index contributed by atoms with van der Waals surface area (Å²) in [5.41, 5.74) is 5.94. The number of sulfonamides is 1. The Balaban J connectivity index is 0.00000225. The summed E-state index contributed by atoms with van der Waals surface area (Å²) in [6.07, 6.45) is 2.31. The summed E-state index contributed by atoms with van der Waals surface area (Å²) >= 11 is 0. The van der Waals surface area contributed by atoms with Crippen molar-refractivity contribution in [2.24, 2.45) is 5.73 Å². The molecule has 2 N–H and O–H groups in total. The Bertz CT molecular complexity index is 661. The lowest BCUT2D eigenvalue weighted by atomic mass is 10.1. The van der Waals surface area contributed by atoms with Crippen LogP contribution in [0.1, 0.15) is 18.5 Å². The van der Waals surface area contributed by atoms with Gasteiger partial charge in [-0.2, -0.15) is 4.31 Å². The van der Waals surface area contributed by atoms with E-state index in [0.717, 1.165) is 6.42 Å². The molecule has 2 aliphatic heterocycles. The molecule has 0 aromatic carbocycles. The summed E-state index contributed by atoms with van der Waals surface area (Å²) < 4.78 is 36.4. The minimum atomic E-state index is -3.46. The van der Waals surface area contributed by atoms with Gasteiger partial charge in [0.2, 0.25) is 10.0 Å². The van der Waals surface area contributed by atoms with Crippen LogP contribution in [0.25, 0.3) is 0 Å². The van der Waals surface area contributed by atoms with Crippen molar-refractivity contribution in [2.45, 2.75) is 30.8 Å². The molecular weight excluding hydrogens is 372 g/mol. The maximum atomic E-state index is 12.4. The average Bonchev–Trinajstić information content (AvgIpc) is 3.25. The first kappa shape index (κ1) is 20.1. The van der Waals surface area contributed by atoms with Crippen molar-refractivity contribution in [3.63, 3.8) is 0 Å². The van der Waals surface area contributed by atoms with Crippen LogP contribution in [0.2, 0.25) is 0 Å². The van der Waals surface area contributed by atoms with Crippen LogP contribution in [-0.2, 0) is 25.3 Å². The Kier molecular flexibility index (Phi) is 6.80. The number of hydrogen-bond acceptors (Lipinski definition) is 7. The lowest BCUT2D eigenvalue weighted by Crippen LogP contribution is -2.53. The molecule has 9 nitrogen and oxygen atoms in total. The van der Waals surface area contributed by atoms with Gasteiger partial charge in [0.15, 0.2) is 0 Å². The average molecular weight is 395 g/mol. The molecule has 1 aromatic rings. The largest absolute Gasteiger partial charge is 0.364 e. The van der Waals surface area contributed by atoms with Crippen molar-refractivity contribution in [3.05, 3.63) is 18.0 Å². The number of nitrogens with two attached hydrogens (primary N) is 1. The molecule has 3 heterocycles. The van der Waals surface area contributed by atoms with Gasteiger partial charge in [-0.25, -0.2) is 8.42 Å². The van der Waals surface area contributed by atoms with Gasteiger partial charge in [-0.15, -0.1) is 12.4 Å². The van der Waals surface area contributed by atoms with E-state index in [4.69, 9.17) is 10.5 Å². The van der Waals surface area contributed by atoms with Crippen molar-refractivity contribution in [1.29, 1.82) is 0 Å². The fraction of sp³-hybridized carbons (Fsp3) is 0.714. The van der Waals surface area contributed by atoms with E-state index in [1.54, 1.807) is 4.90 Å². The minimum Gasteiger partial charge on any atom is -0.364 e. The zero-order valence-corrected chi connectivity index (χ0v) is 15.4. The van der Waals surface area contributed by atoms with Gasteiger partial charge in [0.05, 0.1) is 11.8 Å². The van der Waals surface area contributed by atoms with Crippen LogP contribution in [0.15, 0.2) is 16.9 Å². The molecule has 0 bridgehead atoms. The number of amides is 1. The minimum absolute atomic E-state index is 0. The van der Waals surface area contributed by atoms with Crippen molar-refractivity contribution in [1.82, 2.24) is 14.4 Å². The molecule has 3 rings (SSSR count). The molecule has 11 heteroatoms. The second-order valence-corrected chi connectivity index (χ2v) is 8.00. The monoisotopic (exact) mass is 394 g/mol. The summed E-state index contributed by atoms with van der Waals surface area (Å²) in [5.74, 6) is -0.263. The summed E-state index contributed by atoms with van der Waals surface area (Å²) in [6, 6.07) is 1.53. The second-order valence-electron chi connectivity index (χ2n) is 6.03. The Morgan fingerprint density at radius 2 is 2.00 bits per heavy atom. The molecular formula is C14H23ClN4O5S. The van der Waals surface area contributed by atoms with Crippen molar-refractivity contribution in [2.75, 3.05) is 32.7 Å². The third kappa shape index (κ3) is 4.70. The first-order valence-electron chi connectivity index (χ1n) is 8.01. The van der Waals surface area contributed by atoms with E-state index in [1.807, 2.05) is 0 Å². The van der Waals surface area contributed by atoms with Crippen LogP contribution in [0.3, 0.4) is 0 Å². The number of halogens is 1. The van der Waals surface area contributed by atoms with Gasteiger partial charge in [0.1, 0.15) is 18.1 Å². The van der Waals surface area contributed by atoms with Crippen LogP contribution >= 0.6 is 12.4 Å². The Labute approximate surface area is 152 Å². The van der Waals surface area contributed by atoms with Gasteiger partial charge in [-0.05, 0) is 12.8 Å². The Morgan fingerprint density at radius 1 is 1.28 bits per heavy atom. The first-order chi connectivity index (χ1) is 11.5. The Hall–Kier alpha value is -1.20. The van der Waals surface area contributed by atoms with Crippen molar-refractivity contribution >= 4 is 28.3 Å². The summed E-state index contributed by atoms with van der Waals surface area (Å²) in [6.45, 7) is 1.70. The molecule has 2 aliphatic rings. The maximum absolute atomic E-state index is 12.4. The predicted octanol–water partition coefficient (Wildman–Crippen LogP) is -0.423. The number of rotatable bonds is 5. The third-order valence-corrected chi connectivity index (χ3v) is 6.22. The number of nitrogens with zero attached hydrogens (tertiary/aromatic N) is 3. The van der Waals surface area contributed by atoms with Gasteiger partial charge in [-0.3, -0.25) is 4.79 Å². The quantitative estimate of drug-likeness (QED) is 0.720. The van der Waals surface area contributed by atoms with Gasteiger partial charge < -0.3 is 19.9 Å². The fourth-order valence-electron chi connectivity index (χ4n) is 3.04. The summed E-state index contributed by atoms with van der Waals surface area (Å²) in [5, 5.41) is 3.63. The van der Waals surface area contributed by atoms with Crippen LogP contribution < -0.4 is 5.73 Å². The SMILES string of the molecule is Cl.NC[C@H]1CC[C@@H](C(=O)N2CCN(S(=O)(=O)Cc3ccon3)CC2)O1. The molecule has 2 atom stereocenters. The fourth-order valence-corrected chi connectivity index (χ4v) is 4.47. The maximum Gasteiger partial charge on any atom is 0.251 e. The van der Waals surface area contributed by atoms with E-state index >= 15 is 0 Å². The highest BCUT2D eigenvalue weighted by Crippen LogP contribution is 2.22. The highest BCUT2D eigenvalue weighted by atomic mass is 35.5. The zero-order valence-electron chi connectivity index (χ0n) is 13.7. The summed E-state index contributed by atoms with van der Waals surface area (Å²) in [4.78, 5) is 14.1. The lowest BCUT2D eigenvalue weighted by Gasteiger charge is -2.35. The molecule has 2 saturated heterocycles. The van der Waals surface area contributed by atoms with Gasteiger partial charge in [0, 0.05) is 38.8 Å². The van der Waals surface area contributed by atoms with E-state index in [-0.39, 0.29) is 43.3 Å². The molecule has 0 unspecified atom stereocenters. The smallest absolute Gasteiger partial charge is 0.251 e. The van der Waals surface area contributed by atoms with Gasteiger partial charge in [0.25, 0.3) is 5.91 Å². The highest BCUT2D eigenvalue weighted by Gasteiger charge is 2.35. The van der Waals surface area contributed by atoms with Crippen LogP contribution in [-0.4, -0.2) is 73.6 Å². The van der Waals surface area contributed by atoms with Crippen molar-refractivity contribution in [3.8, 4) is 0 Å². The van der Waals surface area contributed by atoms with Gasteiger partial charge in [-0.1, -0.05) is 5.16 Å². The molecule has 25 heavy (non-hydrogen) atoms. The third-order valence-electron chi connectivity index (χ3n) is 4.41. The number of carbonyl (C=O) groups excluding carboxylic acids is 1. The van der Waals surface area contributed by atoms with E-state index in [2.05, 4.69) is 9.68 Å². The highest BCUT2D eigenvalue weighted by molar-refractivity contribution is 7.88. The summed E-state index contributed by atoms with van der Waals surface area (Å²) in [7, 11) is -3.46. The molecule has 0 spiro atoms. The van der Waals surface area contributed by atoms with Gasteiger partial charge >= 0.3 is 0 Å². The number of carbonyl (C=O) groups is 1. The lowest BCUT2D eigenvalue weighted by molar-refractivity contribution is -0.143. The topological polar surface area (TPSA) is 119 Å².